The minimum absolute atomic E-state index is 0.0484. The summed E-state index contributed by atoms with van der Waals surface area (Å²) in [6, 6.07) is 26.2. The molecule has 0 atom stereocenters. The van der Waals surface area contributed by atoms with Gasteiger partial charge in [-0.1, -0.05) is 42.5 Å². The highest BCUT2D eigenvalue weighted by molar-refractivity contribution is 6.06. The summed E-state index contributed by atoms with van der Waals surface area (Å²) in [5.41, 5.74) is 15.9. The second-order valence-electron chi connectivity index (χ2n) is 8.65. The molecule has 2 heterocycles. The number of carbonyl (C=O) groups excluding carboxylic acids is 1. The summed E-state index contributed by atoms with van der Waals surface area (Å²) in [4.78, 5) is 19.3. The Morgan fingerprint density at radius 2 is 1.59 bits per heavy atom. The van der Waals surface area contributed by atoms with Crippen LogP contribution in [0.25, 0.3) is 22.4 Å². The number of amidine groups is 1. The number of nitrogens with one attached hydrogen (secondary N) is 1. The lowest BCUT2D eigenvalue weighted by atomic mass is 9.96. The van der Waals surface area contributed by atoms with Gasteiger partial charge in [0, 0.05) is 24.2 Å². The first kappa shape index (κ1) is 24.0. The zero-order valence-electron chi connectivity index (χ0n) is 20.2. The van der Waals surface area contributed by atoms with Crippen molar-refractivity contribution in [1.29, 1.82) is 5.41 Å². The Hall–Kier alpha value is -4.69. The van der Waals surface area contributed by atoms with Crippen LogP contribution in [-0.4, -0.2) is 47.9 Å². The first-order valence-corrected chi connectivity index (χ1v) is 12.0. The third kappa shape index (κ3) is 5.29. The quantitative estimate of drug-likeness (QED) is 0.267. The van der Waals surface area contributed by atoms with E-state index in [9.17, 15) is 4.79 Å². The molecular formula is C29H27N5O3. The molecular weight excluding hydrogens is 466 g/mol. The zero-order valence-corrected chi connectivity index (χ0v) is 20.2. The van der Waals surface area contributed by atoms with Crippen molar-refractivity contribution < 1.29 is 14.3 Å². The van der Waals surface area contributed by atoms with E-state index in [2.05, 4.69) is 4.98 Å². The lowest BCUT2D eigenvalue weighted by Gasteiger charge is -2.27. The van der Waals surface area contributed by atoms with Crippen LogP contribution in [-0.2, 0) is 4.74 Å². The van der Waals surface area contributed by atoms with Crippen LogP contribution in [0.15, 0.2) is 84.9 Å². The van der Waals surface area contributed by atoms with Crippen LogP contribution in [0.5, 0.6) is 11.5 Å². The molecule has 5 N–H and O–H groups in total. The van der Waals surface area contributed by atoms with Crippen molar-refractivity contribution >= 4 is 17.6 Å². The summed E-state index contributed by atoms with van der Waals surface area (Å²) in [5, 5.41) is 8.11. The van der Waals surface area contributed by atoms with Crippen LogP contribution in [0.1, 0.15) is 15.9 Å². The van der Waals surface area contributed by atoms with Gasteiger partial charge in [-0.05, 0) is 53.6 Å². The van der Waals surface area contributed by atoms with Crippen molar-refractivity contribution in [3.05, 3.63) is 96.1 Å². The predicted octanol–water partition coefficient (Wildman–Crippen LogP) is 4.55. The summed E-state index contributed by atoms with van der Waals surface area (Å²) >= 11 is 0. The van der Waals surface area contributed by atoms with Crippen molar-refractivity contribution in [2.45, 2.75) is 0 Å². The number of aromatic nitrogens is 1. The zero-order chi connectivity index (χ0) is 25.8. The normalized spacial score (nSPS) is 13.2. The molecule has 8 nitrogen and oxygen atoms in total. The van der Waals surface area contributed by atoms with Gasteiger partial charge >= 0.3 is 0 Å². The highest BCUT2D eigenvalue weighted by Crippen LogP contribution is 2.33. The van der Waals surface area contributed by atoms with Crippen LogP contribution in [0.2, 0.25) is 0 Å². The van der Waals surface area contributed by atoms with Crippen LogP contribution in [0.4, 0.5) is 5.82 Å². The summed E-state index contributed by atoms with van der Waals surface area (Å²) in [6.45, 7) is 2.20. The van der Waals surface area contributed by atoms with Gasteiger partial charge in [0.1, 0.15) is 23.2 Å². The molecule has 1 amide bonds. The molecule has 1 aliphatic heterocycles. The number of hydrogen-bond donors (Lipinski definition) is 3. The van der Waals surface area contributed by atoms with E-state index in [0.29, 0.717) is 54.4 Å². The molecule has 0 aliphatic carbocycles. The number of nitrogens with two attached hydrogens (primary N) is 2. The Bertz CT molecular complexity index is 1430. The van der Waals surface area contributed by atoms with Gasteiger partial charge in [-0.25, -0.2) is 4.98 Å². The molecule has 1 fully saturated rings. The third-order valence-corrected chi connectivity index (χ3v) is 6.16. The van der Waals surface area contributed by atoms with E-state index >= 15 is 0 Å². The second-order valence-corrected chi connectivity index (χ2v) is 8.65. The lowest BCUT2D eigenvalue weighted by Crippen LogP contribution is -2.40. The average molecular weight is 494 g/mol. The molecule has 186 valence electrons. The maximum absolute atomic E-state index is 13.0. The maximum atomic E-state index is 13.0. The minimum atomic E-state index is -0.174. The number of benzene rings is 3. The van der Waals surface area contributed by atoms with E-state index in [1.165, 1.54) is 0 Å². The van der Waals surface area contributed by atoms with Gasteiger partial charge in [-0.3, -0.25) is 10.2 Å². The number of ether oxygens (including phenoxy) is 2. The predicted molar refractivity (Wildman–Crippen MR) is 144 cm³/mol. The van der Waals surface area contributed by atoms with Crippen LogP contribution >= 0.6 is 0 Å². The molecule has 0 spiro atoms. The van der Waals surface area contributed by atoms with Crippen LogP contribution in [0.3, 0.4) is 0 Å². The topological polar surface area (TPSA) is 128 Å². The number of hydrogen-bond acceptors (Lipinski definition) is 6. The van der Waals surface area contributed by atoms with E-state index in [-0.39, 0.29) is 17.6 Å². The van der Waals surface area contributed by atoms with Crippen LogP contribution in [0, 0.1) is 5.41 Å². The molecule has 1 aromatic heterocycles. The molecule has 37 heavy (non-hydrogen) atoms. The van der Waals surface area contributed by atoms with Gasteiger partial charge in [0.2, 0.25) is 0 Å². The molecule has 1 aliphatic rings. The lowest BCUT2D eigenvalue weighted by molar-refractivity contribution is 0.0303. The molecule has 4 aromatic rings. The van der Waals surface area contributed by atoms with E-state index in [1.807, 2.05) is 78.9 Å². The molecule has 3 aromatic carbocycles. The van der Waals surface area contributed by atoms with Crippen molar-refractivity contribution in [2.75, 3.05) is 32.0 Å². The van der Waals surface area contributed by atoms with E-state index in [1.54, 1.807) is 11.0 Å². The van der Waals surface area contributed by atoms with Crippen molar-refractivity contribution in [1.82, 2.24) is 9.88 Å². The number of para-hydroxylation sites is 1. The van der Waals surface area contributed by atoms with Crippen molar-refractivity contribution in [3.63, 3.8) is 0 Å². The van der Waals surface area contributed by atoms with Crippen molar-refractivity contribution in [3.8, 4) is 33.9 Å². The fourth-order valence-electron chi connectivity index (χ4n) is 4.31. The number of amides is 1. The number of morpholine rings is 1. The fourth-order valence-corrected chi connectivity index (χ4v) is 4.31. The van der Waals surface area contributed by atoms with Gasteiger partial charge in [0.15, 0.2) is 0 Å². The van der Waals surface area contributed by atoms with Gasteiger partial charge < -0.3 is 25.8 Å². The third-order valence-electron chi connectivity index (χ3n) is 6.16. The number of pyridine rings is 1. The molecule has 5 rings (SSSR count). The van der Waals surface area contributed by atoms with E-state index in [0.717, 1.165) is 16.9 Å². The molecule has 1 saturated heterocycles. The Morgan fingerprint density at radius 1 is 0.892 bits per heavy atom. The number of rotatable bonds is 6. The van der Waals surface area contributed by atoms with E-state index < -0.39 is 0 Å². The Kier molecular flexibility index (Phi) is 6.83. The highest BCUT2D eigenvalue weighted by Gasteiger charge is 2.20. The van der Waals surface area contributed by atoms with Gasteiger partial charge in [-0.2, -0.15) is 0 Å². The second kappa shape index (κ2) is 10.5. The molecule has 0 bridgehead atoms. The largest absolute Gasteiger partial charge is 0.457 e. The smallest absolute Gasteiger partial charge is 0.254 e. The number of carbonyl (C=O) groups is 1. The highest BCUT2D eigenvalue weighted by atomic mass is 16.5. The maximum Gasteiger partial charge on any atom is 0.254 e. The van der Waals surface area contributed by atoms with Gasteiger partial charge in [-0.15, -0.1) is 0 Å². The molecule has 0 radical (unpaired) electrons. The Balaban J connectivity index is 1.49. The number of nitrogens with zero attached hydrogens (tertiary/aromatic N) is 2. The molecule has 0 saturated carbocycles. The molecule has 8 heteroatoms. The standard InChI is InChI=1S/C29H27N5O3/c30-27(31)26-24(19-9-11-23(12-10-19)37-22-7-2-1-3-8-22)18-25(33-28(26)32)20-5-4-6-21(17-20)29(35)34-13-15-36-16-14-34/h1-12,17-18H,13-16H2,(H3,30,31)(H2,32,33). The average Bonchev–Trinajstić information content (AvgIpc) is 2.93. The van der Waals surface area contributed by atoms with E-state index in [4.69, 9.17) is 26.4 Å². The first-order valence-electron chi connectivity index (χ1n) is 12.0. The van der Waals surface area contributed by atoms with Crippen LogP contribution < -0.4 is 16.2 Å². The summed E-state index contributed by atoms with van der Waals surface area (Å²) in [6.07, 6.45) is 0. The van der Waals surface area contributed by atoms with Gasteiger partial charge in [0.25, 0.3) is 5.91 Å². The summed E-state index contributed by atoms with van der Waals surface area (Å²) in [5.74, 6) is 1.34. The SMILES string of the molecule is N=C(N)c1c(-c2ccc(Oc3ccccc3)cc2)cc(-c2cccc(C(=O)N3CCOCC3)c2)nc1N. The summed E-state index contributed by atoms with van der Waals surface area (Å²) < 4.78 is 11.3. The summed E-state index contributed by atoms with van der Waals surface area (Å²) in [7, 11) is 0. The Morgan fingerprint density at radius 3 is 2.30 bits per heavy atom. The minimum Gasteiger partial charge on any atom is -0.457 e. The number of nitrogen functional groups attached to an aromatic ring is 2. The van der Waals surface area contributed by atoms with Gasteiger partial charge in [0.05, 0.1) is 24.5 Å². The fraction of sp³-hybridized carbons (Fsp3) is 0.138. The van der Waals surface area contributed by atoms with Crippen molar-refractivity contribution in [2.24, 2.45) is 5.73 Å². The number of anilines is 1. The monoisotopic (exact) mass is 493 g/mol. The molecule has 0 unspecified atom stereocenters. The first-order chi connectivity index (χ1) is 18.0. The Labute approximate surface area is 215 Å².